The van der Waals surface area contributed by atoms with Gasteiger partial charge in [0.1, 0.15) is 0 Å². The molecule has 8 heteroatoms. The molecule has 0 saturated heterocycles. The molecule has 3 nitrogen and oxygen atoms in total. The van der Waals surface area contributed by atoms with Gasteiger partial charge in [-0.3, -0.25) is 9.69 Å². The first-order chi connectivity index (χ1) is 11.3. The molecule has 2 rings (SSSR count). The van der Waals surface area contributed by atoms with Crippen molar-refractivity contribution in [3.63, 3.8) is 0 Å². The van der Waals surface area contributed by atoms with E-state index in [2.05, 4.69) is 5.32 Å². The van der Waals surface area contributed by atoms with Crippen LogP contribution >= 0.6 is 34.8 Å². The molecule has 0 atom stereocenters. The Balaban J connectivity index is 1.98. The first-order valence-corrected chi connectivity index (χ1v) is 7.96. The lowest BCUT2D eigenvalue weighted by Crippen LogP contribution is -2.30. The Hall–Kier alpha value is -1.40. The molecule has 0 fully saturated rings. The zero-order valence-electron chi connectivity index (χ0n) is 12.5. The number of hydrogen-bond acceptors (Lipinski definition) is 2. The number of carbonyl (C=O) groups is 1. The molecular formula is C16H13Cl3F2N2O. The molecule has 24 heavy (non-hydrogen) atoms. The summed E-state index contributed by atoms with van der Waals surface area (Å²) in [6.45, 7) is 0.279. The monoisotopic (exact) mass is 392 g/mol. The Bertz CT molecular complexity index is 748. The van der Waals surface area contributed by atoms with Gasteiger partial charge in [-0.05, 0) is 36.9 Å². The van der Waals surface area contributed by atoms with E-state index in [9.17, 15) is 13.6 Å². The first-order valence-electron chi connectivity index (χ1n) is 6.83. The van der Waals surface area contributed by atoms with Crippen LogP contribution in [-0.4, -0.2) is 24.4 Å². The smallest absolute Gasteiger partial charge is 0.238 e. The summed E-state index contributed by atoms with van der Waals surface area (Å²) in [5, 5.41) is 3.42. The van der Waals surface area contributed by atoms with Crippen LogP contribution in [0.25, 0.3) is 0 Å². The number of anilines is 1. The highest BCUT2D eigenvalue weighted by molar-refractivity contribution is 6.42. The lowest BCUT2D eigenvalue weighted by Gasteiger charge is -2.17. The van der Waals surface area contributed by atoms with Gasteiger partial charge < -0.3 is 5.32 Å². The average molecular weight is 394 g/mol. The van der Waals surface area contributed by atoms with Crippen LogP contribution in [0, 0.1) is 11.6 Å². The summed E-state index contributed by atoms with van der Waals surface area (Å²) in [7, 11) is 1.67. The number of nitrogens with one attached hydrogen (secondary N) is 1. The molecular weight excluding hydrogens is 381 g/mol. The van der Waals surface area contributed by atoms with Crippen molar-refractivity contribution in [1.29, 1.82) is 0 Å². The molecule has 1 amide bonds. The van der Waals surface area contributed by atoms with E-state index in [1.807, 2.05) is 0 Å². The minimum atomic E-state index is -0.926. The quantitative estimate of drug-likeness (QED) is 0.775. The third kappa shape index (κ3) is 5.05. The SMILES string of the molecule is CN(CC(=O)Nc1c(Cl)cc(Cl)cc1Cl)Cc1ccc(F)c(F)c1. The Labute approximate surface area is 153 Å². The van der Waals surface area contributed by atoms with Gasteiger partial charge in [-0.25, -0.2) is 8.78 Å². The number of rotatable bonds is 5. The van der Waals surface area contributed by atoms with E-state index in [0.717, 1.165) is 12.1 Å². The lowest BCUT2D eigenvalue weighted by molar-refractivity contribution is -0.117. The van der Waals surface area contributed by atoms with E-state index in [4.69, 9.17) is 34.8 Å². The van der Waals surface area contributed by atoms with Crippen LogP contribution < -0.4 is 5.32 Å². The van der Waals surface area contributed by atoms with Gasteiger partial charge in [-0.15, -0.1) is 0 Å². The normalized spacial score (nSPS) is 11.0. The highest BCUT2D eigenvalue weighted by atomic mass is 35.5. The van der Waals surface area contributed by atoms with E-state index < -0.39 is 11.6 Å². The Kier molecular flexibility index (Phi) is 6.40. The second-order valence-corrected chi connectivity index (χ2v) is 6.46. The van der Waals surface area contributed by atoms with Gasteiger partial charge in [0.25, 0.3) is 0 Å². The third-order valence-electron chi connectivity index (χ3n) is 3.12. The standard InChI is InChI=1S/C16H13Cl3F2N2O/c1-23(7-9-2-3-13(20)14(21)4-9)8-15(24)22-16-11(18)5-10(17)6-12(16)19/h2-6H,7-8H2,1H3,(H,22,24). The second kappa shape index (κ2) is 8.12. The lowest BCUT2D eigenvalue weighted by atomic mass is 10.2. The van der Waals surface area contributed by atoms with E-state index in [1.165, 1.54) is 18.2 Å². The average Bonchev–Trinajstić information content (AvgIpc) is 2.46. The van der Waals surface area contributed by atoms with E-state index in [0.29, 0.717) is 10.6 Å². The molecule has 0 aromatic heterocycles. The predicted octanol–water partition coefficient (Wildman–Crippen LogP) is 5.00. The number of likely N-dealkylation sites (N-methyl/N-ethyl adjacent to an activating group) is 1. The maximum absolute atomic E-state index is 13.2. The van der Waals surface area contributed by atoms with Gasteiger partial charge in [0.2, 0.25) is 5.91 Å². The van der Waals surface area contributed by atoms with Gasteiger partial charge in [0.05, 0.1) is 22.3 Å². The van der Waals surface area contributed by atoms with Crippen LogP contribution in [-0.2, 0) is 11.3 Å². The van der Waals surface area contributed by atoms with E-state index >= 15 is 0 Å². The van der Waals surface area contributed by atoms with Crippen molar-refractivity contribution in [1.82, 2.24) is 4.90 Å². The van der Waals surface area contributed by atoms with Crippen molar-refractivity contribution in [2.75, 3.05) is 18.9 Å². The Morgan fingerprint density at radius 3 is 2.29 bits per heavy atom. The number of benzene rings is 2. The second-order valence-electron chi connectivity index (χ2n) is 5.21. The van der Waals surface area contributed by atoms with Crippen molar-refractivity contribution < 1.29 is 13.6 Å². The van der Waals surface area contributed by atoms with Crippen LogP contribution in [0.4, 0.5) is 14.5 Å². The molecule has 0 spiro atoms. The molecule has 128 valence electrons. The summed E-state index contributed by atoms with van der Waals surface area (Å²) in [4.78, 5) is 13.7. The fraction of sp³-hybridized carbons (Fsp3) is 0.188. The summed E-state index contributed by atoms with van der Waals surface area (Å²) in [6, 6.07) is 6.54. The summed E-state index contributed by atoms with van der Waals surface area (Å²) >= 11 is 17.8. The summed E-state index contributed by atoms with van der Waals surface area (Å²) in [5.74, 6) is -2.19. The zero-order valence-corrected chi connectivity index (χ0v) is 14.8. The van der Waals surface area contributed by atoms with E-state index in [1.54, 1.807) is 11.9 Å². The first kappa shape index (κ1) is 18.9. The van der Waals surface area contributed by atoms with Crippen molar-refractivity contribution in [3.8, 4) is 0 Å². The largest absolute Gasteiger partial charge is 0.322 e. The molecule has 2 aromatic rings. The van der Waals surface area contributed by atoms with Crippen LogP contribution in [0.5, 0.6) is 0 Å². The summed E-state index contributed by atoms with van der Waals surface area (Å²) < 4.78 is 26.1. The van der Waals surface area contributed by atoms with E-state index in [-0.39, 0.29) is 34.7 Å². The van der Waals surface area contributed by atoms with Crippen molar-refractivity contribution in [3.05, 3.63) is 62.6 Å². The third-order valence-corrected chi connectivity index (χ3v) is 3.94. The fourth-order valence-electron chi connectivity index (χ4n) is 2.09. The van der Waals surface area contributed by atoms with Gasteiger partial charge in [-0.1, -0.05) is 40.9 Å². The number of amides is 1. The Morgan fingerprint density at radius 1 is 1.08 bits per heavy atom. The number of halogens is 5. The Morgan fingerprint density at radius 2 is 1.71 bits per heavy atom. The van der Waals surface area contributed by atoms with Crippen LogP contribution in [0.1, 0.15) is 5.56 Å². The molecule has 1 N–H and O–H groups in total. The minimum absolute atomic E-state index is 0.00821. The van der Waals surface area contributed by atoms with Crippen LogP contribution in [0.15, 0.2) is 30.3 Å². The molecule has 0 bridgehead atoms. The van der Waals surface area contributed by atoms with Gasteiger partial charge in [-0.2, -0.15) is 0 Å². The number of nitrogens with zero attached hydrogens (tertiary/aromatic N) is 1. The molecule has 0 radical (unpaired) electrons. The van der Waals surface area contributed by atoms with Gasteiger partial charge >= 0.3 is 0 Å². The number of hydrogen-bond donors (Lipinski definition) is 1. The molecule has 0 aliphatic carbocycles. The fourth-order valence-corrected chi connectivity index (χ4v) is 3.00. The molecule has 0 aliphatic heterocycles. The van der Waals surface area contributed by atoms with Crippen molar-refractivity contribution in [2.24, 2.45) is 0 Å². The molecule has 0 saturated carbocycles. The van der Waals surface area contributed by atoms with Gasteiger partial charge in [0, 0.05) is 11.6 Å². The summed E-state index contributed by atoms with van der Waals surface area (Å²) in [6.07, 6.45) is 0. The topological polar surface area (TPSA) is 32.3 Å². The van der Waals surface area contributed by atoms with Gasteiger partial charge in [0.15, 0.2) is 11.6 Å². The summed E-state index contributed by atoms with van der Waals surface area (Å²) in [5.41, 5.74) is 0.820. The van der Waals surface area contributed by atoms with Crippen molar-refractivity contribution in [2.45, 2.75) is 6.54 Å². The highest BCUT2D eigenvalue weighted by Gasteiger charge is 2.13. The highest BCUT2D eigenvalue weighted by Crippen LogP contribution is 2.33. The predicted molar refractivity (Wildman–Crippen MR) is 92.8 cm³/mol. The molecule has 0 heterocycles. The van der Waals surface area contributed by atoms with Crippen LogP contribution in [0.3, 0.4) is 0 Å². The molecule has 2 aromatic carbocycles. The minimum Gasteiger partial charge on any atom is -0.322 e. The van der Waals surface area contributed by atoms with Crippen molar-refractivity contribution >= 4 is 46.4 Å². The molecule has 0 aliphatic rings. The number of carbonyl (C=O) groups excluding carboxylic acids is 1. The van der Waals surface area contributed by atoms with Crippen LogP contribution in [0.2, 0.25) is 15.1 Å². The maximum atomic E-state index is 13.2. The zero-order chi connectivity index (χ0) is 17.9. The maximum Gasteiger partial charge on any atom is 0.238 e. The molecule has 0 unspecified atom stereocenters.